The molecule has 2 rings (SSSR count). The number of anilines is 1. The molecule has 190 valence electrons. The zero-order valence-electron chi connectivity index (χ0n) is 20.3. The van der Waals surface area contributed by atoms with Gasteiger partial charge in [0.25, 0.3) is 0 Å². The maximum Gasteiger partial charge on any atom is 0.434 e. The van der Waals surface area contributed by atoms with Crippen LogP contribution in [0, 0.1) is 5.92 Å². The molecule has 34 heavy (non-hydrogen) atoms. The fourth-order valence-corrected chi connectivity index (χ4v) is 3.27. The molecule has 1 unspecified atom stereocenters. The number of carbonyl (C=O) groups is 1. The van der Waals surface area contributed by atoms with Gasteiger partial charge in [0.15, 0.2) is 5.69 Å². The Bertz CT molecular complexity index is 901. The van der Waals surface area contributed by atoms with Crippen molar-refractivity contribution >= 4 is 11.7 Å². The van der Waals surface area contributed by atoms with Crippen molar-refractivity contribution in [2.45, 2.75) is 72.0 Å². The molecule has 11 heteroatoms. The van der Waals surface area contributed by atoms with Crippen LogP contribution in [0.3, 0.4) is 0 Å². The molecule has 8 nitrogen and oxygen atoms in total. The van der Waals surface area contributed by atoms with Gasteiger partial charge in [0.05, 0.1) is 0 Å². The van der Waals surface area contributed by atoms with Crippen molar-refractivity contribution in [3.05, 3.63) is 30.0 Å². The number of imidazole rings is 1. The van der Waals surface area contributed by atoms with Crippen LogP contribution in [-0.4, -0.2) is 51.2 Å². The van der Waals surface area contributed by atoms with E-state index in [0.29, 0.717) is 50.5 Å². The molecular formula is C23H35F3N6O2. The Labute approximate surface area is 198 Å². The molecule has 2 aromatic heterocycles. The summed E-state index contributed by atoms with van der Waals surface area (Å²) in [6.45, 7) is 9.67. The number of nitrogens with one attached hydrogen (secondary N) is 2. The van der Waals surface area contributed by atoms with Gasteiger partial charge >= 0.3 is 6.18 Å². The SMILES string of the molecule is CCCCc1cc(NC(CC(C)C)C(=O)NCCCOCC)nc(-n2cnc(C(F)(F)F)c2)n1. The highest BCUT2D eigenvalue weighted by Crippen LogP contribution is 2.28. The molecule has 0 saturated heterocycles. The van der Waals surface area contributed by atoms with Gasteiger partial charge < -0.3 is 15.4 Å². The highest BCUT2D eigenvalue weighted by atomic mass is 19.4. The second-order valence-corrected chi connectivity index (χ2v) is 8.48. The lowest BCUT2D eigenvalue weighted by atomic mass is 10.0. The largest absolute Gasteiger partial charge is 0.434 e. The fraction of sp³-hybridized carbons (Fsp3) is 0.652. The van der Waals surface area contributed by atoms with E-state index in [1.165, 1.54) is 0 Å². The van der Waals surface area contributed by atoms with E-state index in [0.717, 1.165) is 29.9 Å². The summed E-state index contributed by atoms with van der Waals surface area (Å²) in [5.74, 6) is 0.519. The number of carbonyl (C=O) groups excluding carboxylic acids is 1. The Hall–Kier alpha value is -2.69. The lowest BCUT2D eigenvalue weighted by Crippen LogP contribution is -2.41. The normalized spacial score (nSPS) is 12.7. The first-order chi connectivity index (χ1) is 16.1. The van der Waals surface area contributed by atoms with Crippen molar-refractivity contribution in [1.82, 2.24) is 24.8 Å². The van der Waals surface area contributed by atoms with Crippen molar-refractivity contribution in [3.63, 3.8) is 0 Å². The number of rotatable bonds is 14. The topological polar surface area (TPSA) is 94.0 Å². The zero-order chi connectivity index (χ0) is 25.1. The summed E-state index contributed by atoms with van der Waals surface area (Å²) in [6.07, 6.45) is 1.05. The van der Waals surface area contributed by atoms with Gasteiger partial charge in [0.2, 0.25) is 11.9 Å². The standard InChI is InChI=1S/C23H35F3N6O2/c1-5-7-9-17-13-20(31-22(29-17)32-14-19(28-15-32)23(24,25)26)30-18(12-16(3)4)21(33)27-10-8-11-34-6-2/h13-16,18H,5-12H2,1-4H3,(H,27,33)(H,29,30,31). The highest BCUT2D eigenvalue weighted by Gasteiger charge is 2.33. The summed E-state index contributed by atoms with van der Waals surface area (Å²) in [5.41, 5.74) is -0.342. The summed E-state index contributed by atoms with van der Waals surface area (Å²) in [6, 6.07) is 1.19. The summed E-state index contributed by atoms with van der Waals surface area (Å²) < 4.78 is 45.5. The minimum absolute atomic E-state index is 0.0690. The summed E-state index contributed by atoms with van der Waals surface area (Å²) in [4.78, 5) is 25.1. The molecule has 0 saturated carbocycles. The first-order valence-corrected chi connectivity index (χ1v) is 11.8. The van der Waals surface area contributed by atoms with Gasteiger partial charge in [-0.15, -0.1) is 0 Å². The van der Waals surface area contributed by atoms with Crippen LogP contribution in [0.4, 0.5) is 19.0 Å². The third-order valence-electron chi connectivity index (χ3n) is 4.97. The molecule has 0 aliphatic rings. The van der Waals surface area contributed by atoms with E-state index in [1.807, 2.05) is 27.7 Å². The van der Waals surface area contributed by atoms with Crippen molar-refractivity contribution in [3.8, 4) is 5.95 Å². The summed E-state index contributed by atoms with van der Waals surface area (Å²) in [5, 5.41) is 6.09. The van der Waals surface area contributed by atoms with Crippen molar-refractivity contribution in [2.75, 3.05) is 25.1 Å². The predicted molar refractivity (Wildman–Crippen MR) is 124 cm³/mol. The van der Waals surface area contributed by atoms with Crippen LogP contribution >= 0.6 is 0 Å². The number of alkyl halides is 3. The minimum atomic E-state index is -4.56. The molecule has 0 aromatic carbocycles. The van der Waals surface area contributed by atoms with E-state index < -0.39 is 17.9 Å². The second-order valence-electron chi connectivity index (χ2n) is 8.48. The number of aromatic nitrogens is 4. The van der Waals surface area contributed by atoms with E-state index in [9.17, 15) is 18.0 Å². The molecular weight excluding hydrogens is 449 g/mol. The third-order valence-corrected chi connectivity index (χ3v) is 4.97. The van der Waals surface area contributed by atoms with Gasteiger partial charge in [-0.25, -0.2) is 9.97 Å². The first-order valence-electron chi connectivity index (χ1n) is 11.8. The molecule has 0 aliphatic carbocycles. The minimum Gasteiger partial charge on any atom is -0.382 e. The molecule has 2 aromatic rings. The number of hydrogen-bond acceptors (Lipinski definition) is 6. The molecule has 0 bridgehead atoms. The molecule has 2 N–H and O–H groups in total. The van der Waals surface area contributed by atoms with E-state index in [4.69, 9.17) is 4.74 Å². The Morgan fingerprint density at radius 3 is 2.59 bits per heavy atom. The number of hydrogen-bond donors (Lipinski definition) is 2. The quantitative estimate of drug-likeness (QED) is 0.386. The maximum absolute atomic E-state index is 13.0. The highest BCUT2D eigenvalue weighted by molar-refractivity contribution is 5.84. The number of ether oxygens (including phenoxy) is 1. The second kappa shape index (κ2) is 13.3. The van der Waals surface area contributed by atoms with E-state index in [-0.39, 0.29) is 17.8 Å². The number of amides is 1. The third kappa shape index (κ3) is 8.92. The number of unbranched alkanes of at least 4 members (excludes halogenated alkanes) is 1. The van der Waals surface area contributed by atoms with Gasteiger partial charge in [0.1, 0.15) is 18.2 Å². The van der Waals surface area contributed by atoms with Gasteiger partial charge in [-0.05, 0) is 38.5 Å². The van der Waals surface area contributed by atoms with Crippen molar-refractivity contribution in [1.29, 1.82) is 0 Å². The van der Waals surface area contributed by atoms with Gasteiger partial charge in [0, 0.05) is 37.7 Å². The van der Waals surface area contributed by atoms with Crippen LogP contribution in [0.25, 0.3) is 5.95 Å². The van der Waals surface area contributed by atoms with E-state index >= 15 is 0 Å². The average Bonchev–Trinajstić information content (AvgIpc) is 3.28. The van der Waals surface area contributed by atoms with Gasteiger partial charge in [-0.1, -0.05) is 27.2 Å². The summed E-state index contributed by atoms with van der Waals surface area (Å²) in [7, 11) is 0. The maximum atomic E-state index is 13.0. The van der Waals surface area contributed by atoms with Gasteiger partial charge in [-0.2, -0.15) is 18.2 Å². The smallest absolute Gasteiger partial charge is 0.382 e. The number of nitrogens with zero attached hydrogens (tertiary/aromatic N) is 4. The summed E-state index contributed by atoms with van der Waals surface area (Å²) >= 11 is 0. The molecule has 0 aliphatic heterocycles. The Balaban J connectivity index is 2.26. The molecule has 0 fully saturated rings. The van der Waals surface area contributed by atoms with Crippen molar-refractivity contribution in [2.24, 2.45) is 5.92 Å². The van der Waals surface area contributed by atoms with Crippen LogP contribution in [0.2, 0.25) is 0 Å². The van der Waals surface area contributed by atoms with Crippen LogP contribution in [0.1, 0.15) is 64.8 Å². The predicted octanol–water partition coefficient (Wildman–Crippen LogP) is 4.39. The number of halogens is 3. The van der Waals surface area contributed by atoms with E-state index in [1.54, 1.807) is 6.07 Å². The van der Waals surface area contributed by atoms with E-state index in [2.05, 4.69) is 25.6 Å². The number of aryl methyl sites for hydroxylation is 1. The molecule has 0 spiro atoms. The van der Waals surface area contributed by atoms with Crippen LogP contribution < -0.4 is 10.6 Å². The van der Waals surface area contributed by atoms with Crippen LogP contribution in [0.5, 0.6) is 0 Å². The Morgan fingerprint density at radius 2 is 1.97 bits per heavy atom. The molecule has 2 heterocycles. The zero-order valence-corrected chi connectivity index (χ0v) is 20.3. The van der Waals surface area contributed by atoms with Crippen molar-refractivity contribution < 1.29 is 22.7 Å². The fourth-order valence-electron chi connectivity index (χ4n) is 3.27. The van der Waals surface area contributed by atoms with Gasteiger partial charge in [-0.3, -0.25) is 9.36 Å². The van der Waals surface area contributed by atoms with Crippen LogP contribution in [-0.2, 0) is 22.1 Å². The Kier molecular flexibility index (Phi) is 10.7. The lowest BCUT2D eigenvalue weighted by Gasteiger charge is -2.21. The van der Waals surface area contributed by atoms with Crippen LogP contribution in [0.15, 0.2) is 18.6 Å². The monoisotopic (exact) mass is 484 g/mol. The lowest BCUT2D eigenvalue weighted by molar-refractivity contribution is -0.140. The molecule has 1 atom stereocenters. The molecule has 1 amide bonds. The molecule has 0 radical (unpaired) electrons. The Morgan fingerprint density at radius 1 is 1.21 bits per heavy atom. The average molecular weight is 485 g/mol. The first kappa shape index (κ1) is 27.6.